The van der Waals surface area contributed by atoms with Crippen LogP contribution in [0.25, 0.3) is 10.4 Å². The van der Waals surface area contributed by atoms with Gasteiger partial charge in [-0.1, -0.05) is 35.1 Å². The van der Waals surface area contributed by atoms with Gasteiger partial charge in [-0.3, -0.25) is 4.79 Å². The minimum atomic E-state index is -0.932. The van der Waals surface area contributed by atoms with Crippen molar-refractivity contribution < 1.29 is 9.90 Å². The zero-order chi connectivity index (χ0) is 12.4. The summed E-state index contributed by atoms with van der Waals surface area (Å²) >= 11 is 7.16. The van der Waals surface area contributed by atoms with Gasteiger partial charge in [0.2, 0.25) is 0 Å². The van der Waals surface area contributed by atoms with Crippen LogP contribution in [0.5, 0.6) is 0 Å². The molecule has 0 fully saturated rings. The molecule has 2 rings (SSSR count). The fraction of sp³-hybridized carbons (Fsp3) is 0.0909. The number of carboxylic acid groups (broad SMARTS) is 1. The van der Waals surface area contributed by atoms with Crippen LogP contribution in [0.3, 0.4) is 0 Å². The molecule has 4 nitrogen and oxygen atoms in total. The summed E-state index contributed by atoms with van der Waals surface area (Å²) in [6.45, 7) is 0. The van der Waals surface area contributed by atoms with Crippen LogP contribution in [0.15, 0.2) is 24.3 Å². The highest BCUT2D eigenvalue weighted by Gasteiger charge is 2.14. The molecule has 0 unspecified atom stereocenters. The molecule has 0 spiro atoms. The highest BCUT2D eigenvalue weighted by Crippen LogP contribution is 2.33. The van der Waals surface area contributed by atoms with Gasteiger partial charge >= 0.3 is 5.97 Å². The van der Waals surface area contributed by atoms with Gasteiger partial charge in [-0.15, -0.1) is 0 Å². The third-order valence-corrected chi connectivity index (χ3v) is 3.33. The highest BCUT2D eigenvalue weighted by atomic mass is 35.5. The van der Waals surface area contributed by atoms with Gasteiger partial charge in [-0.2, -0.15) is 0 Å². The lowest BCUT2D eigenvalue weighted by molar-refractivity contribution is -0.136. The van der Waals surface area contributed by atoms with Crippen LogP contribution in [0.4, 0.5) is 5.13 Å². The van der Waals surface area contributed by atoms with E-state index in [0.717, 1.165) is 10.4 Å². The molecule has 0 bridgehead atoms. The van der Waals surface area contributed by atoms with E-state index >= 15 is 0 Å². The number of thiazole rings is 1. The van der Waals surface area contributed by atoms with E-state index in [1.807, 2.05) is 6.07 Å². The Morgan fingerprint density at radius 1 is 1.53 bits per heavy atom. The predicted octanol–water partition coefficient (Wildman–Crippen LogP) is 2.67. The Bertz CT molecular complexity index is 568. The number of aromatic nitrogens is 1. The summed E-state index contributed by atoms with van der Waals surface area (Å²) in [5.41, 5.74) is 6.92. The summed E-state index contributed by atoms with van der Waals surface area (Å²) in [5.74, 6) is -0.932. The zero-order valence-electron chi connectivity index (χ0n) is 8.68. The van der Waals surface area contributed by atoms with E-state index in [2.05, 4.69) is 4.98 Å². The third-order valence-electron chi connectivity index (χ3n) is 2.12. The van der Waals surface area contributed by atoms with Crippen molar-refractivity contribution in [2.24, 2.45) is 0 Å². The van der Waals surface area contributed by atoms with Crippen LogP contribution in [0.1, 0.15) is 5.69 Å². The maximum absolute atomic E-state index is 10.7. The molecular weight excluding hydrogens is 260 g/mol. The minimum absolute atomic E-state index is 0.143. The van der Waals surface area contributed by atoms with Crippen molar-refractivity contribution in [3.63, 3.8) is 0 Å². The number of nitrogen functional groups attached to an aromatic ring is 1. The monoisotopic (exact) mass is 268 g/mol. The summed E-state index contributed by atoms with van der Waals surface area (Å²) in [6.07, 6.45) is -0.143. The fourth-order valence-electron chi connectivity index (χ4n) is 1.49. The Hall–Kier alpha value is -1.59. The van der Waals surface area contributed by atoms with Crippen molar-refractivity contribution in [2.75, 3.05) is 5.73 Å². The third kappa shape index (κ3) is 2.75. The van der Waals surface area contributed by atoms with Crippen molar-refractivity contribution >= 4 is 34.0 Å². The number of rotatable bonds is 3. The second kappa shape index (κ2) is 4.73. The quantitative estimate of drug-likeness (QED) is 0.897. The lowest BCUT2D eigenvalue weighted by Crippen LogP contribution is -2.01. The topological polar surface area (TPSA) is 76.2 Å². The van der Waals surface area contributed by atoms with Gasteiger partial charge in [-0.25, -0.2) is 4.98 Å². The standard InChI is InChI=1S/C11H9ClN2O2S/c12-7-3-1-2-6(4-7)10-8(5-9(15)16)14-11(13)17-10/h1-4H,5H2,(H2,13,14)(H,15,16). The summed E-state index contributed by atoms with van der Waals surface area (Å²) in [4.78, 5) is 15.5. The Kier molecular flexibility index (Phi) is 3.31. The molecule has 0 aliphatic carbocycles. The summed E-state index contributed by atoms with van der Waals surface area (Å²) in [7, 11) is 0. The van der Waals surface area contributed by atoms with Crippen molar-refractivity contribution in [3.8, 4) is 10.4 Å². The minimum Gasteiger partial charge on any atom is -0.481 e. The second-order valence-corrected chi connectivity index (χ2v) is 4.88. The summed E-state index contributed by atoms with van der Waals surface area (Å²) < 4.78 is 0. The van der Waals surface area contributed by atoms with Crippen LogP contribution in [-0.4, -0.2) is 16.1 Å². The number of anilines is 1. The van der Waals surface area contributed by atoms with E-state index in [9.17, 15) is 4.79 Å². The van der Waals surface area contributed by atoms with E-state index < -0.39 is 5.97 Å². The highest BCUT2D eigenvalue weighted by molar-refractivity contribution is 7.18. The van der Waals surface area contributed by atoms with Crippen molar-refractivity contribution in [3.05, 3.63) is 35.0 Å². The molecule has 1 heterocycles. The fourth-order valence-corrected chi connectivity index (χ4v) is 2.52. The van der Waals surface area contributed by atoms with E-state index in [4.69, 9.17) is 22.4 Å². The average Bonchev–Trinajstić information content (AvgIpc) is 2.58. The van der Waals surface area contributed by atoms with Gasteiger partial charge in [-0.05, 0) is 17.7 Å². The largest absolute Gasteiger partial charge is 0.481 e. The van der Waals surface area contributed by atoms with Gasteiger partial charge in [0.05, 0.1) is 17.0 Å². The number of carbonyl (C=O) groups is 1. The molecule has 0 aliphatic heterocycles. The first-order valence-electron chi connectivity index (χ1n) is 4.79. The smallest absolute Gasteiger partial charge is 0.309 e. The zero-order valence-corrected chi connectivity index (χ0v) is 10.3. The molecule has 17 heavy (non-hydrogen) atoms. The molecule has 6 heteroatoms. The first-order chi connectivity index (χ1) is 8.06. The van der Waals surface area contributed by atoms with E-state index in [-0.39, 0.29) is 6.42 Å². The van der Waals surface area contributed by atoms with E-state index in [1.165, 1.54) is 11.3 Å². The van der Waals surface area contributed by atoms with Gasteiger partial charge in [0, 0.05) is 5.02 Å². The maximum atomic E-state index is 10.7. The van der Waals surface area contributed by atoms with Crippen LogP contribution in [0, 0.1) is 0 Å². The van der Waals surface area contributed by atoms with Crippen LogP contribution < -0.4 is 5.73 Å². The maximum Gasteiger partial charge on any atom is 0.309 e. The summed E-state index contributed by atoms with van der Waals surface area (Å²) in [6, 6.07) is 7.18. The van der Waals surface area contributed by atoms with Gasteiger partial charge in [0.25, 0.3) is 0 Å². The molecule has 1 aromatic heterocycles. The Labute approximate surface area is 107 Å². The van der Waals surface area contributed by atoms with E-state index in [0.29, 0.717) is 15.8 Å². The van der Waals surface area contributed by atoms with E-state index in [1.54, 1.807) is 18.2 Å². The number of carboxylic acids is 1. The molecule has 88 valence electrons. The molecule has 0 atom stereocenters. The molecular formula is C11H9ClN2O2S. The number of halogens is 1. The molecule has 0 saturated carbocycles. The molecule has 1 aromatic carbocycles. The number of hydrogen-bond donors (Lipinski definition) is 2. The molecule has 2 aromatic rings. The number of aliphatic carboxylic acids is 1. The summed E-state index contributed by atoms with van der Waals surface area (Å²) in [5, 5.41) is 9.75. The lowest BCUT2D eigenvalue weighted by atomic mass is 10.1. The molecule has 0 saturated heterocycles. The van der Waals surface area contributed by atoms with Crippen molar-refractivity contribution in [2.45, 2.75) is 6.42 Å². The predicted molar refractivity (Wildman–Crippen MR) is 68.3 cm³/mol. The first kappa shape index (κ1) is 11.9. The molecule has 0 aliphatic rings. The average molecular weight is 269 g/mol. The van der Waals surface area contributed by atoms with Gasteiger partial charge in [0.15, 0.2) is 5.13 Å². The Morgan fingerprint density at radius 2 is 2.29 bits per heavy atom. The normalized spacial score (nSPS) is 10.4. The van der Waals surface area contributed by atoms with Crippen molar-refractivity contribution in [1.29, 1.82) is 0 Å². The van der Waals surface area contributed by atoms with Crippen molar-refractivity contribution in [1.82, 2.24) is 4.98 Å². The second-order valence-electron chi connectivity index (χ2n) is 3.41. The Morgan fingerprint density at radius 3 is 2.94 bits per heavy atom. The first-order valence-corrected chi connectivity index (χ1v) is 5.98. The lowest BCUT2D eigenvalue weighted by Gasteiger charge is -2.00. The number of nitrogens with zero attached hydrogens (tertiary/aromatic N) is 1. The van der Waals surface area contributed by atoms with Crippen LogP contribution in [0.2, 0.25) is 5.02 Å². The number of hydrogen-bond acceptors (Lipinski definition) is 4. The molecule has 0 amide bonds. The number of nitrogens with two attached hydrogens (primary N) is 1. The van der Waals surface area contributed by atoms with Crippen LogP contribution in [-0.2, 0) is 11.2 Å². The van der Waals surface area contributed by atoms with Crippen LogP contribution >= 0.6 is 22.9 Å². The Balaban J connectivity index is 2.47. The van der Waals surface area contributed by atoms with Gasteiger partial charge < -0.3 is 10.8 Å². The SMILES string of the molecule is Nc1nc(CC(=O)O)c(-c2cccc(Cl)c2)s1. The van der Waals surface area contributed by atoms with Gasteiger partial charge in [0.1, 0.15) is 0 Å². The molecule has 3 N–H and O–H groups in total. The molecule has 0 radical (unpaired) electrons. The number of benzene rings is 1.